The van der Waals surface area contributed by atoms with E-state index in [4.69, 9.17) is 5.73 Å². The van der Waals surface area contributed by atoms with Gasteiger partial charge in [-0.3, -0.25) is 4.90 Å². The number of likely N-dealkylation sites (tertiary alicyclic amines) is 1. The van der Waals surface area contributed by atoms with Crippen LogP contribution in [0.1, 0.15) is 44.7 Å². The second-order valence-corrected chi connectivity index (χ2v) is 6.21. The summed E-state index contributed by atoms with van der Waals surface area (Å²) in [7, 11) is 0. The zero-order valence-corrected chi connectivity index (χ0v) is 12.9. The molecular weight excluding hydrogens is 288 g/mol. The van der Waals surface area contributed by atoms with Gasteiger partial charge in [-0.25, -0.2) is 0 Å². The zero-order chi connectivity index (χ0) is 13.1. The Morgan fingerprint density at radius 2 is 2.06 bits per heavy atom. The van der Waals surface area contributed by atoms with E-state index in [-0.39, 0.29) is 6.04 Å². The van der Waals surface area contributed by atoms with Gasteiger partial charge in [0.15, 0.2) is 0 Å². The summed E-state index contributed by atoms with van der Waals surface area (Å²) in [5.41, 5.74) is 7.72. The minimum Gasteiger partial charge on any atom is -0.326 e. The van der Waals surface area contributed by atoms with Crippen molar-refractivity contribution in [3.05, 3.63) is 34.3 Å². The highest BCUT2D eigenvalue weighted by Gasteiger charge is 2.31. The summed E-state index contributed by atoms with van der Waals surface area (Å²) in [5.74, 6) is 0. The molecule has 0 saturated carbocycles. The second-order valence-electron chi connectivity index (χ2n) is 5.30. The molecule has 2 nitrogen and oxygen atoms in total. The van der Waals surface area contributed by atoms with E-state index in [1.54, 1.807) is 0 Å². The number of hydrogen-bond donors (Lipinski definition) is 1. The Bertz CT molecular complexity index is 377. The van der Waals surface area contributed by atoms with Gasteiger partial charge in [0.1, 0.15) is 0 Å². The number of benzene rings is 1. The fourth-order valence-electron chi connectivity index (χ4n) is 2.94. The van der Waals surface area contributed by atoms with Crippen LogP contribution in [0.25, 0.3) is 0 Å². The number of nitrogens with zero attached hydrogens (tertiary/aromatic N) is 1. The van der Waals surface area contributed by atoms with Crippen molar-refractivity contribution in [2.45, 2.75) is 51.2 Å². The van der Waals surface area contributed by atoms with Gasteiger partial charge < -0.3 is 5.73 Å². The summed E-state index contributed by atoms with van der Waals surface area (Å²) in [6, 6.07) is 9.87. The molecule has 0 spiro atoms. The minimum atomic E-state index is 0.215. The van der Waals surface area contributed by atoms with Gasteiger partial charge in [0.2, 0.25) is 0 Å². The lowest BCUT2D eigenvalue weighted by Crippen LogP contribution is -2.42. The first-order valence-electron chi connectivity index (χ1n) is 6.90. The molecule has 1 fully saturated rings. The monoisotopic (exact) mass is 310 g/mol. The summed E-state index contributed by atoms with van der Waals surface area (Å²) in [4.78, 5) is 2.58. The van der Waals surface area contributed by atoms with Gasteiger partial charge >= 0.3 is 0 Å². The molecule has 0 bridgehead atoms. The first kappa shape index (κ1) is 14.0. The molecule has 2 N–H and O–H groups in total. The molecule has 1 saturated heterocycles. The molecule has 0 aromatic heterocycles. The molecular formula is C15H23BrN2. The first-order valence-corrected chi connectivity index (χ1v) is 7.69. The summed E-state index contributed by atoms with van der Waals surface area (Å²) < 4.78 is 1.13. The van der Waals surface area contributed by atoms with Crippen LogP contribution in [0, 0.1) is 0 Å². The van der Waals surface area contributed by atoms with Crippen molar-refractivity contribution in [2.75, 3.05) is 6.54 Å². The molecule has 3 heteroatoms. The maximum Gasteiger partial charge on any atom is 0.0501 e. The molecule has 3 atom stereocenters. The average molecular weight is 311 g/mol. The Labute approximate surface area is 119 Å². The van der Waals surface area contributed by atoms with E-state index in [0.717, 1.165) is 10.9 Å². The van der Waals surface area contributed by atoms with Crippen LogP contribution >= 0.6 is 15.9 Å². The van der Waals surface area contributed by atoms with Crippen LogP contribution in [0.4, 0.5) is 0 Å². The van der Waals surface area contributed by atoms with Crippen molar-refractivity contribution in [3.63, 3.8) is 0 Å². The third-order valence-corrected chi connectivity index (χ3v) is 4.58. The third kappa shape index (κ3) is 2.95. The lowest BCUT2D eigenvalue weighted by Gasteiger charge is -2.35. The predicted molar refractivity (Wildman–Crippen MR) is 80.6 cm³/mol. The van der Waals surface area contributed by atoms with Gasteiger partial charge in [0, 0.05) is 16.6 Å². The fourth-order valence-corrected chi connectivity index (χ4v) is 3.20. The molecule has 1 aliphatic rings. The first-order chi connectivity index (χ1) is 8.63. The summed E-state index contributed by atoms with van der Waals surface area (Å²) >= 11 is 3.50. The van der Waals surface area contributed by atoms with Crippen LogP contribution in [0.5, 0.6) is 0 Å². The van der Waals surface area contributed by atoms with E-state index in [1.165, 1.54) is 24.9 Å². The van der Waals surface area contributed by atoms with Crippen molar-refractivity contribution in [3.8, 4) is 0 Å². The highest BCUT2D eigenvalue weighted by atomic mass is 79.9. The maximum atomic E-state index is 6.38. The highest BCUT2D eigenvalue weighted by molar-refractivity contribution is 9.10. The normalized spacial score (nSPS) is 24.1. The third-order valence-electron chi connectivity index (χ3n) is 4.05. The van der Waals surface area contributed by atoms with E-state index in [2.05, 4.69) is 58.9 Å². The topological polar surface area (TPSA) is 29.3 Å². The lowest BCUT2D eigenvalue weighted by atomic mass is 9.96. The summed E-state index contributed by atoms with van der Waals surface area (Å²) in [6.45, 7) is 5.67. The molecule has 1 aromatic rings. The Kier molecular flexibility index (Phi) is 4.82. The SMILES string of the molecule is CCC(N)C(c1ccc(Br)cc1)N1CCCC1C. The van der Waals surface area contributed by atoms with Gasteiger partial charge in [0.05, 0.1) is 6.04 Å². The van der Waals surface area contributed by atoms with Gasteiger partial charge in [-0.05, 0) is 50.4 Å². The van der Waals surface area contributed by atoms with E-state index in [9.17, 15) is 0 Å². The van der Waals surface area contributed by atoms with Crippen molar-refractivity contribution in [2.24, 2.45) is 5.73 Å². The number of rotatable bonds is 4. The van der Waals surface area contributed by atoms with Crippen molar-refractivity contribution >= 4 is 15.9 Å². The second kappa shape index (κ2) is 6.18. The Morgan fingerprint density at radius 3 is 2.56 bits per heavy atom. The van der Waals surface area contributed by atoms with Gasteiger partial charge in [0.25, 0.3) is 0 Å². The molecule has 18 heavy (non-hydrogen) atoms. The van der Waals surface area contributed by atoms with Crippen LogP contribution in [-0.4, -0.2) is 23.5 Å². The van der Waals surface area contributed by atoms with E-state index < -0.39 is 0 Å². The largest absolute Gasteiger partial charge is 0.326 e. The molecule has 1 aromatic carbocycles. The molecule has 2 rings (SSSR count). The molecule has 0 radical (unpaired) electrons. The van der Waals surface area contributed by atoms with Crippen molar-refractivity contribution in [1.82, 2.24) is 4.90 Å². The lowest BCUT2D eigenvalue weighted by molar-refractivity contribution is 0.163. The van der Waals surface area contributed by atoms with E-state index in [0.29, 0.717) is 12.1 Å². The Morgan fingerprint density at radius 1 is 1.39 bits per heavy atom. The maximum absolute atomic E-state index is 6.38. The Balaban J connectivity index is 2.27. The van der Waals surface area contributed by atoms with Gasteiger partial charge in [-0.15, -0.1) is 0 Å². The summed E-state index contributed by atoms with van der Waals surface area (Å²) in [5, 5.41) is 0. The molecule has 100 valence electrons. The summed E-state index contributed by atoms with van der Waals surface area (Å²) in [6.07, 6.45) is 3.61. The number of halogens is 1. The van der Waals surface area contributed by atoms with Crippen LogP contribution in [-0.2, 0) is 0 Å². The standard InChI is InChI=1S/C15H23BrN2/c1-3-14(17)15(18-10-4-5-11(18)2)12-6-8-13(16)9-7-12/h6-9,11,14-15H,3-5,10,17H2,1-2H3. The number of hydrogen-bond acceptors (Lipinski definition) is 2. The van der Waals surface area contributed by atoms with Crippen molar-refractivity contribution in [1.29, 1.82) is 0 Å². The smallest absolute Gasteiger partial charge is 0.0501 e. The van der Waals surface area contributed by atoms with Crippen LogP contribution in [0.15, 0.2) is 28.7 Å². The molecule has 1 heterocycles. The molecule has 0 aliphatic carbocycles. The molecule has 0 amide bonds. The van der Waals surface area contributed by atoms with Crippen LogP contribution < -0.4 is 5.73 Å². The van der Waals surface area contributed by atoms with Crippen LogP contribution in [0.3, 0.4) is 0 Å². The van der Waals surface area contributed by atoms with E-state index >= 15 is 0 Å². The number of nitrogens with two attached hydrogens (primary N) is 1. The molecule has 3 unspecified atom stereocenters. The quantitative estimate of drug-likeness (QED) is 0.918. The average Bonchev–Trinajstić information content (AvgIpc) is 2.78. The van der Waals surface area contributed by atoms with Crippen LogP contribution in [0.2, 0.25) is 0 Å². The Hall–Kier alpha value is -0.380. The zero-order valence-electron chi connectivity index (χ0n) is 11.3. The van der Waals surface area contributed by atoms with E-state index in [1.807, 2.05) is 0 Å². The van der Waals surface area contributed by atoms with Gasteiger partial charge in [-0.1, -0.05) is 35.0 Å². The molecule has 1 aliphatic heterocycles. The minimum absolute atomic E-state index is 0.215. The highest BCUT2D eigenvalue weighted by Crippen LogP contribution is 2.32. The van der Waals surface area contributed by atoms with Gasteiger partial charge in [-0.2, -0.15) is 0 Å². The van der Waals surface area contributed by atoms with Crippen molar-refractivity contribution < 1.29 is 0 Å². The predicted octanol–water partition coefficient (Wildman–Crippen LogP) is 3.71. The fraction of sp³-hybridized carbons (Fsp3) is 0.600.